The Hall–Kier alpha value is -1.03. The minimum atomic E-state index is 0.189. The molecule has 0 amide bonds. The molecular formula is C6H8ClN3O. The van der Waals surface area contributed by atoms with E-state index in [0.717, 1.165) is 0 Å². The average molecular weight is 174 g/mol. The lowest BCUT2D eigenvalue weighted by Gasteiger charge is -1.95. The van der Waals surface area contributed by atoms with Crippen molar-refractivity contribution in [2.75, 3.05) is 13.7 Å². The Morgan fingerprint density at radius 3 is 3.09 bits per heavy atom. The number of nitrogens with zero attached hydrogens (tertiary/aromatic N) is 2. The Labute approximate surface area is 69.4 Å². The zero-order valence-electron chi connectivity index (χ0n) is 6.04. The standard InChI is InChI=1S/C6H8ClN3O/c1-11-5-2-4(7)3-9-6(8)10-5/h2H,3H2,1H3,(H2,8,9). The maximum absolute atomic E-state index is 5.70. The van der Waals surface area contributed by atoms with Gasteiger partial charge in [-0.3, -0.25) is 0 Å². The summed E-state index contributed by atoms with van der Waals surface area (Å²) in [5, 5.41) is 0.561. The van der Waals surface area contributed by atoms with Crippen LogP contribution in [0.25, 0.3) is 0 Å². The minimum Gasteiger partial charge on any atom is -0.481 e. The monoisotopic (exact) mass is 173 g/mol. The van der Waals surface area contributed by atoms with E-state index in [1.54, 1.807) is 6.08 Å². The van der Waals surface area contributed by atoms with Gasteiger partial charge < -0.3 is 10.5 Å². The molecule has 1 aliphatic rings. The van der Waals surface area contributed by atoms with E-state index in [1.165, 1.54) is 7.11 Å². The molecule has 0 saturated heterocycles. The Kier molecular flexibility index (Phi) is 2.48. The Morgan fingerprint density at radius 1 is 1.73 bits per heavy atom. The molecule has 5 heteroatoms. The highest BCUT2D eigenvalue weighted by Gasteiger charge is 2.03. The van der Waals surface area contributed by atoms with Gasteiger partial charge in [0, 0.05) is 11.1 Å². The summed E-state index contributed by atoms with van der Waals surface area (Å²) in [4.78, 5) is 7.64. The third-order valence-corrected chi connectivity index (χ3v) is 1.33. The van der Waals surface area contributed by atoms with Crippen molar-refractivity contribution in [3.8, 4) is 0 Å². The van der Waals surface area contributed by atoms with Crippen molar-refractivity contribution in [3.63, 3.8) is 0 Å². The smallest absolute Gasteiger partial charge is 0.218 e. The lowest BCUT2D eigenvalue weighted by atomic mass is 10.5. The van der Waals surface area contributed by atoms with E-state index in [-0.39, 0.29) is 5.96 Å². The molecule has 0 aliphatic carbocycles. The van der Waals surface area contributed by atoms with Crippen LogP contribution in [0.1, 0.15) is 0 Å². The van der Waals surface area contributed by atoms with Crippen molar-refractivity contribution in [1.29, 1.82) is 0 Å². The van der Waals surface area contributed by atoms with Crippen LogP contribution < -0.4 is 5.73 Å². The van der Waals surface area contributed by atoms with Crippen LogP contribution >= 0.6 is 11.6 Å². The molecule has 0 unspecified atom stereocenters. The quantitative estimate of drug-likeness (QED) is 0.579. The largest absolute Gasteiger partial charge is 0.481 e. The van der Waals surface area contributed by atoms with E-state index in [1.807, 2.05) is 0 Å². The van der Waals surface area contributed by atoms with Crippen LogP contribution in [0.5, 0.6) is 0 Å². The number of halogens is 1. The molecule has 0 radical (unpaired) electrons. The number of rotatable bonds is 0. The summed E-state index contributed by atoms with van der Waals surface area (Å²) >= 11 is 5.70. The molecule has 60 valence electrons. The number of ether oxygens (including phenoxy) is 1. The Balaban J connectivity index is 2.89. The minimum absolute atomic E-state index is 0.189. The summed E-state index contributed by atoms with van der Waals surface area (Å²) < 4.78 is 4.84. The third-order valence-electron chi connectivity index (χ3n) is 1.11. The average Bonchev–Trinajstić information content (AvgIpc) is 2.13. The fourth-order valence-corrected chi connectivity index (χ4v) is 0.774. The van der Waals surface area contributed by atoms with Gasteiger partial charge in [-0.15, -0.1) is 0 Å². The van der Waals surface area contributed by atoms with Gasteiger partial charge in [0.05, 0.1) is 13.7 Å². The topological polar surface area (TPSA) is 60.0 Å². The van der Waals surface area contributed by atoms with Crippen LogP contribution in [0.2, 0.25) is 0 Å². The number of methoxy groups -OCH3 is 1. The maximum Gasteiger partial charge on any atom is 0.218 e. The highest BCUT2D eigenvalue weighted by Crippen LogP contribution is 2.05. The summed E-state index contributed by atoms with van der Waals surface area (Å²) in [7, 11) is 1.50. The molecule has 0 aromatic rings. The number of nitrogens with two attached hydrogens (primary N) is 1. The lowest BCUT2D eigenvalue weighted by molar-refractivity contribution is 0.407. The molecule has 0 aromatic carbocycles. The first-order valence-electron chi connectivity index (χ1n) is 3.01. The molecule has 0 bridgehead atoms. The van der Waals surface area contributed by atoms with Gasteiger partial charge in [0.15, 0.2) is 0 Å². The molecule has 1 heterocycles. The van der Waals surface area contributed by atoms with Crippen molar-refractivity contribution in [2.45, 2.75) is 0 Å². The van der Waals surface area contributed by atoms with Gasteiger partial charge in [0.1, 0.15) is 0 Å². The maximum atomic E-state index is 5.70. The second-order valence-electron chi connectivity index (χ2n) is 1.92. The van der Waals surface area contributed by atoms with Gasteiger partial charge >= 0.3 is 0 Å². The van der Waals surface area contributed by atoms with Crippen LogP contribution in [0.15, 0.2) is 21.1 Å². The molecule has 0 spiro atoms. The highest BCUT2D eigenvalue weighted by atomic mass is 35.5. The normalized spacial score (nSPS) is 17.8. The molecule has 1 rings (SSSR count). The van der Waals surface area contributed by atoms with Gasteiger partial charge in [0.2, 0.25) is 11.9 Å². The van der Waals surface area contributed by atoms with Crippen molar-refractivity contribution >= 4 is 23.5 Å². The number of hydrogen-bond donors (Lipinski definition) is 1. The van der Waals surface area contributed by atoms with E-state index in [9.17, 15) is 0 Å². The zero-order valence-corrected chi connectivity index (χ0v) is 6.80. The fourth-order valence-electron chi connectivity index (χ4n) is 0.621. The van der Waals surface area contributed by atoms with E-state index >= 15 is 0 Å². The second-order valence-corrected chi connectivity index (χ2v) is 2.41. The van der Waals surface area contributed by atoms with Crippen molar-refractivity contribution in [3.05, 3.63) is 11.1 Å². The predicted octanol–water partition coefficient (Wildman–Crippen LogP) is 0.482. The van der Waals surface area contributed by atoms with Gasteiger partial charge in [0.25, 0.3) is 0 Å². The molecule has 0 aromatic heterocycles. The lowest BCUT2D eigenvalue weighted by Crippen LogP contribution is -2.11. The summed E-state index contributed by atoms with van der Waals surface area (Å²) in [6.07, 6.45) is 1.59. The zero-order chi connectivity index (χ0) is 8.27. The van der Waals surface area contributed by atoms with Crippen molar-refractivity contribution in [1.82, 2.24) is 0 Å². The molecule has 0 atom stereocenters. The Morgan fingerprint density at radius 2 is 2.45 bits per heavy atom. The van der Waals surface area contributed by atoms with Crippen molar-refractivity contribution in [2.24, 2.45) is 15.7 Å². The number of aliphatic imine (C=N–C) groups is 2. The second kappa shape index (κ2) is 3.39. The van der Waals surface area contributed by atoms with E-state index in [2.05, 4.69) is 9.98 Å². The summed E-state index contributed by atoms with van der Waals surface area (Å²) in [6, 6.07) is 0. The first-order chi connectivity index (χ1) is 5.22. The van der Waals surface area contributed by atoms with Crippen LogP contribution in [0.3, 0.4) is 0 Å². The molecule has 1 aliphatic heterocycles. The highest BCUT2D eigenvalue weighted by molar-refractivity contribution is 6.31. The molecular weight excluding hydrogens is 166 g/mol. The summed E-state index contributed by atoms with van der Waals surface area (Å²) in [6.45, 7) is 0.365. The third kappa shape index (κ3) is 2.23. The van der Waals surface area contributed by atoms with Crippen LogP contribution in [0.4, 0.5) is 0 Å². The number of hydrogen-bond acceptors (Lipinski definition) is 4. The molecule has 4 nitrogen and oxygen atoms in total. The van der Waals surface area contributed by atoms with E-state index in [4.69, 9.17) is 22.1 Å². The van der Waals surface area contributed by atoms with Crippen molar-refractivity contribution < 1.29 is 4.74 Å². The van der Waals surface area contributed by atoms with Gasteiger partial charge in [-0.05, 0) is 0 Å². The van der Waals surface area contributed by atoms with Crippen LogP contribution in [0, 0.1) is 0 Å². The van der Waals surface area contributed by atoms with Gasteiger partial charge in [-0.2, -0.15) is 4.99 Å². The fraction of sp³-hybridized carbons (Fsp3) is 0.333. The number of guanidine groups is 1. The SMILES string of the molecule is COC1=NC(N)=NCC(Cl)=C1. The van der Waals surface area contributed by atoms with Crippen LogP contribution in [-0.4, -0.2) is 25.5 Å². The van der Waals surface area contributed by atoms with E-state index < -0.39 is 0 Å². The first kappa shape index (κ1) is 8.07. The van der Waals surface area contributed by atoms with Gasteiger partial charge in [-0.1, -0.05) is 11.6 Å². The Bertz CT molecular complexity index is 244. The molecule has 2 N–H and O–H groups in total. The van der Waals surface area contributed by atoms with Gasteiger partial charge in [-0.25, -0.2) is 4.99 Å². The molecule has 0 saturated carbocycles. The van der Waals surface area contributed by atoms with E-state index in [0.29, 0.717) is 17.5 Å². The summed E-state index contributed by atoms with van der Waals surface area (Å²) in [5.74, 6) is 0.572. The molecule has 0 fully saturated rings. The summed E-state index contributed by atoms with van der Waals surface area (Å²) in [5.41, 5.74) is 5.35. The molecule has 11 heavy (non-hydrogen) atoms. The van der Waals surface area contributed by atoms with Crippen LogP contribution in [-0.2, 0) is 4.74 Å². The predicted molar refractivity (Wildman–Crippen MR) is 44.9 cm³/mol. The first-order valence-corrected chi connectivity index (χ1v) is 3.39.